The van der Waals surface area contributed by atoms with Crippen molar-refractivity contribution in [2.75, 3.05) is 38.7 Å². The van der Waals surface area contributed by atoms with E-state index in [0.29, 0.717) is 6.04 Å². The predicted octanol–water partition coefficient (Wildman–Crippen LogP) is 3.78. The van der Waals surface area contributed by atoms with Crippen LogP contribution in [0, 0.1) is 0 Å². The largest absolute Gasteiger partial charge is 0.310 e. The third-order valence-corrected chi connectivity index (χ3v) is 4.32. The highest BCUT2D eigenvalue weighted by Crippen LogP contribution is 2.19. The Labute approximate surface area is 130 Å². The van der Waals surface area contributed by atoms with Gasteiger partial charge < -0.3 is 10.2 Å². The average molecular weight is 345 g/mol. The van der Waals surface area contributed by atoms with Crippen molar-refractivity contribution >= 4 is 27.7 Å². The second-order valence-corrected chi connectivity index (χ2v) is 6.65. The Hall–Kier alpha value is -0.0300. The molecule has 1 aromatic rings. The standard InChI is InChI=1S/C15H25BrN2S/c1-4-17-15(9-10-18(2)11-12-19-3)13-5-7-14(16)8-6-13/h5-8,15,17H,4,9-12H2,1-3H3. The number of hydrogen-bond acceptors (Lipinski definition) is 3. The summed E-state index contributed by atoms with van der Waals surface area (Å²) in [5, 5.41) is 3.58. The van der Waals surface area contributed by atoms with Crippen LogP contribution in [0.4, 0.5) is 0 Å². The Bertz CT molecular complexity index is 343. The van der Waals surface area contributed by atoms with Crippen LogP contribution >= 0.6 is 27.7 Å². The first kappa shape index (κ1) is 17.0. The van der Waals surface area contributed by atoms with E-state index in [2.05, 4.69) is 70.6 Å². The third-order valence-electron chi connectivity index (χ3n) is 3.20. The lowest BCUT2D eigenvalue weighted by molar-refractivity contribution is 0.325. The van der Waals surface area contributed by atoms with Crippen LogP contribution in [-0.2, 0) is 0 Å². The monoisotopic (exact) mass is 344 g/mol. The van der Waals surface area contributed by atoms with Crippen molar-refractivity contribution in [2.24, 2.45) is 0 Å². The molecular formula is C15H25BrN2S. The molecule has 1 atom stereocenters. The van der Waals surface area contributed by atoms with Gasteiger partial charge in [-0.25, -0.2) is 0 Å². The third kappa shape index (κ3) is 6.80. The number of thioether (sulfide) groups is 1. The van der Waals surface area contributed by atoms with Crippen molar-refractivity contribution in [2.45, 2.75) is 19.4 Å². The normalized spacial score (nSPS) is 12.9. The first-order valence-corrected chi connectivity index (χ1v) is 9.02. The molecule has 0 fully saturated rings. The van der Waals surface area contributed by atoms with E-state index in [0.717, 1.165) is 24.0 Å². The summed E-state index contributed by atoms with van der Waals surface area (Å²) in [6.07, 6.45) is 3.32. The molecule has 19 heavy (non-hydrogen) atoms. The van der Waals surface area contributed by atoms with Gasteiger partial charge in [0.25, 0.3) is 0 Å². The SMILES string of the molecule is CCNC(CCN(C)CCSC)c1ccc(Br)cc1. The van der Waals surface area contributed by atoms with Gasteiger partial charge in [-0.1, -0.05) is 35.0 Å². The molecule has 0 spiro atoms. The lowest BCUT2D eigenvalue weighted by atomic mass is 10.0. The number of benzene rings is 1. The second-order valence-electron chi connectivity index (χ2n) is 4.75. The molecule has 1 unspecified atom stereocenters. The molecule has 1 rings (SSSR count). The minimum Gasteiger partial charge on any atom is -0.310 e. The first-order valence-electron chi connectivity index (χ1n) is 6.83. The van der Waals surface area contributed by atoms with E-state index in [4.69, 9.17) is 0 Å². The van der Waals surface area contributed by atoms with E-state index in [1.54, 1.807) is 0 Å². The molecule has 0 aromatic heterocycles. The van der Waals surface area contributed by atoms with Crippen LogP contribution in [0.2, 0.25) is 0 Å². The molecule has 4 heteroatoms. The summed E-state index contributed by atoms with van der Waals surface area (Å²) in [7, 11) is 2.21. The highest BCUT2D eigenvalue weighted by atomic mass is 79.9. The number of nitrogens with zero attached hydrogens (tertiary/aromatic N) is 1. The second kappa shape index (κ2) is 9.81. The molecule has 0 saturated carbocycles. The topological polar surface area (TPSA) is 15.3 Å². The molecule has 0 aliphatic carbocycles. The van der Waals surface area contributed by atoms with E-state index in [9.17, 15) is 0 Å². The molecule has 0 bridgehead atoms. The molecule has 0 radical (unpaired) electrons. The van der Waals surface area contributed by atoms with Crippen LogP contribution in [0.3, 0.4) is 0 Å². The first-order chi connectivity index (χ1) is 9.17. The molecule has 0 saturated heterocycles. The molecular weight excluding hydrogens is 320 g/mol. The molecule has 0 aliphatic rings. The van der Waals surface area contributed by atoms with E-state index in [-0.39, 0.29) is 0 Å². The fourth-order valence-electron chi connectivity index (χ4n) is 2.04. The Morgan fingerprint density at radius 2 is 1.95 bits per heavy atom. The zero-order valence-corrected chi connectivity index (χ0v) is 14.6. The van der Waals surface area contributed by atoms with E-state index in [1.165, 1.54) is 17.9 Å². The van der Waals surface area contributed by atoms with Crippen LogP contribution in [-0.4, -0.2) is 43.6 Å². The summed E-state index contributed by atoms with van der Waals surface area (Å²) >= 11 is 5.40. The highest BCUT2D eigenvalue weighted by Gasteiger charge is 2.11. The maximum atomic E-state index is 3.58. The summed E-state index contributed by atoms with van der Waals surface area (Å²) in [5.74, 6) is 1.21. The lowest BCUT2D eigenvalue weighted by Crippen LogP contribution is -2.28. The van der Waals surface area contributed by atoms with Gasteiger partial charge in [-0.15, -0.1) is 0 Å². The number of halogens is 1. The van der Waals surface area contributed by atoms with Crippen molar-refractivity contribution in [1.29, 1.82) is 0 Å². The van der Waals surface area contributed by atoms with Crippen LogP contribution in [0.5, 0.6) is 0 Å². The average Bonchev–Trinajstić information content (AvgIpc) is 2.42. The van der Waals surface area contributed by atoms with Gasteiger partial charge in [-0.3, -0.25) is 0 Å². The van der Waals surface area contributed by atoms with Gasteiger partial charge in [0.15, 0.2) is 0 Å². The van der Waals surface area contributed by atoms with Crippen molar-refractivity contribution in [3.8, 4) is 0 Å². The lowest BCUT2D eigenvalue weighted by Gasteiger charge is -2.22. The van der Waals surface area contributed by atoms with Crippen LogP contribution in [0.15, 0.2) is 28.7 Å². The number of nitrogens with one attached hydrogen (secondary N) is 1. The van der Waals surface area contributed by atoms with Gasteiger partial charge in [-0.05, 0) is 50.5 Å². The molecule has 0 heterocycles. The fraction of sp³-hybridized carbons (Fsp3) is 0.600. The molecule has 1 aromatic carbocycles. The Morgan fingerprint density at radius 1 is 1.26 bits per heavy atom. The molecule has 108 valence electrons. The van der Waals surface area contributed by atoms with Crippen molar-refractivity contribution in [1.82, 2.24) is 10.2 Å². The number of hydrogen-bond donors (Lipinski definition) is 1. The summed E-state index contributed by atoms with van der Waals surface area (Å²) in [6.45, 7) is 5.48. The highest BCUT2D eigenvalue weighted by molar-refractivity contribution is 9.10. The maximum absolute atomic E-state index is 3.58. The van der Waals surface area contributed by atoms with Gasteiger partial charge in [0.2, 0.25) is 0 Å². The summed E-state index contributed by atoms with van der Waals surface area (Å²) < 4.78 is 1.14. The van der Waals surface area contributed by atoms with Crippen LogP contribution in [0.25, 0.3) is 0 Å². The summed E-state index contributed by atoms with van der Waals surface area (Å²) in [6, 6.07) is 9.11. The molecule has 1 N–H and O–H groups in total. The maximum Gasteiger partial charge on any atom is 0.0332 e. The fourth-order valence-corrected chi connectivity index (χ4v) is 2.80. The summed E-state index contributed by atoms with van der Waals surface area (Å²) in [4.78, 5) is 2.42. The van der Waals surface area contributed by atoms with E-state index < -0.39 is 0 Å². The smallest absolute Gasteiger partial charge is 0.0332 e. The van der Waals surface area contributed by atoms with Gasteiger partial charge in [0.05, 0.1) is 0 Å². The van der Waals surface area contributed by atoms with E-state index >= 15 is 0 Å². The molecule has 2 nitrogen and oxygen atoms in total. The van der Waals surface area contributed by atoms with Crippen molar-refractivity contribution in [3.63, 3.8) is 0 Å². The predicted molar refractivity (Wildman–Crippen MR) is 91.1 cm³/mol. The Balaban J connectivity index is 2.50. The van der Waals surface area contributed by atoms with Gasteiger partial charge in [0.1, 0.15) is 0 Å². The van der Waals surface area contributed by atoms with Gasteiger partial charge >= 0.3 is 0 Å². The minimum atomic E-state index is 0.454. The van der Waals surface area contributed by atoms with Crippen molar-refractivity contribution in [3.05, 3.63) is 34.3 Å². The zero-order chi connectivity index (χ0) is 14.1. The minimum absolute atomic E-state index is 0.454. The van der Waals surface area contributed by atoms with Crippen LogP contribution in [0.1, 0.15) is 24.9 Å². The van der Waals surface area contributed by atoms with Crippen molar-refractivity contribution < 1.29 is 0 Å². The van der Waals surface area contributed by atoms with Gasteiger partial charge in [-0.2, -0.15) is 11.8 Å². The zero-order valence-electron chi connectivity index (χ0n) is 12.2. The quantitative estimate of drug-likeness (QED) is 0.733. The molecule has 0 amide bonds. The Morgan fingerprint density at radius 3 is 2.53 bits per heavy atom. The number of rotatable bonds is 9. The summed E-state index contributed by atoms with van der Waals surface area (Å²) in [5.41, 5.74) is 1.38. The van der Waals surface area contributed by atoms with Crippen LogP contribution < -0.4 is 5.32 Å². The molecule has 0 aliphatic heterocycles. The Kier molecular flexibility index (Phi) is 8.79. The van der Waals surface area contributed by atoms with Gasteiger partial charge in [0, 0.05) is 22.8 Å². The van der Waals surface area contributed by atoms with E-state index in [1.807, 2.05) is 11.8 Å².